The summed E-state index contributed by atoms with van der Waals surface area (Å²) in [6, 6.07) is 29.6. The Balaban J connectivity index is 0.000000198. The maximum atomic E-state index is 12.3. The van der Waals surface area contributed by atoms with Crippen LogP contribution in [-0.2, 0) is 48.0 Å². The normalized spacial score (nSPS) is 12.9. The van der Waals surface area contributed by atoms with Crippen LogP contribution in [0.4, 0.5) is 17.1 Å². The number of hydrogen-bond acceptors (Lipinski definition) is 11. The zero-order valence-electron chi connectivity index (χ0n) is 28.9. The number of carbonyl (C=O) groups is 5. The van der Waals surface area contributed by atoms with Crippen molar-refractivity contribution in [3.05, 3.63) is 124 Å². The Morgan fingerprint density at radius 2 is 1.15 bits per heavy atom. The van der Waals surface area contributed by atoms with Gasteiger partial charge < -0.3 is 10.5 Å². The lowest BCUT2D eigenvalue weighted by Crippen LogP contribution is -2.09. The second-order valence-corrected chi connectivity index (χ2v) is 12.1. The van der Waals surface area contributed by atoms with E-state index < -0.39 is 11.9 Å². The number of carbonyl (C=O) groups excluding carboxylic acids is 5. The molecule has 260 valence electrons. The van der Waals surface area contributed by atoms with E-state index in [1.54, 1.807) is 55.5 Å². The van der Waals surface area contributed by atoms with Crippen LogP contribution >= 0.6 is 0 Å². The van der Waals surface area contributed by atoms with Gasteiger partial charge in [0.05, 0.1) is 46.1 Å². The van der Waals surface area contributed by atoms with Crippen molar-refractivity contribution < 1.29 is 28.7 Å². The van der Waals surface area contributed by atoms with Gasteiger partial charge in [-0.05, 0) is 83.3 Å². The molecule has 0 fully saturated rings. The van der Waals surface area contributed by atoms with Crippen LogP contribution in [0.3, 0.4) is 0 Å². The summed E-state index contributed by atoms with van der Waals surface area (Å²) in [7, 11) is 0. The lowest BCUT2D eigenvalue weighted by Gasteiger charge is -2.06. The summed E-state index contributed by atoms with van der Waals surface area (Å²) < 4.78 is 3.97. The molecule has 0 saturated carbocycles. The number of rotatable bonds is 4. The van der Waals surface area contributed by atoms with Crippen LogP contribution in [0.2, 0.25) is 0 Å². The molecular weight excluding hydrogens is 658 g/mol. The number of fused-ring (bicyclic) bond motifs is 2. The van der Waals surface area contributed by atoms with Crippen LogP contribution in [0, 0.1) is 22.7 Å². The molecule has 52 heavy (non-hydrogen) atoms. The van der Waals surface area contributed by atoms with Crippen molar-refractivity contribution in [2.75, 3.05) is 5.73 Å². The van der Waals surface area contributed by atoms with E-state index in [1.165, 1.54) is 13.8 Å². The first-order chi connectivity index (χ1) is 24.8. The molecular formula is C41H35N5O6. The Morgan fingerprint density at radius 3 is 1.60 bits per heavy atom. The number of hydrogen-bond donors (Lipinski definition) is 1. The summed E-state index contributed by atoms with van der Waals surface area (Å²) in [5.74, 6) is -0.859. The van der Waals surface area contributed by atoms with Crippen molar-refractivity contribution in [3.63, 3.8) is 0 Å². The summed E-state index contributed by atoms with van der Waals surface area (Å²) in [6.45, 7) is 3.91. The van der Waals surface area contributed by atoms with E-state index in [2.05, 4.69) is 26.9 Å². The van der Waals surface area contributed by atoms with Crippen molar-refractivity contribution in [2.45, 2.75) is 52.9 Å². The summed E-state index contributed by atoms with van der Waals surface area (Å²) in [4.78, 5) is 64.6. The van der Waals surface area contributed by atoms with Gasteiger partial charge in [-0.2, -0.15) is 10.5 Å². The van der Waals surface area contributed by atoms with Crippen molar-refractivity contribution >= 4 is 57.8 Å². The minimum Gasteiger partial charge on any atom is -0.399 e. The molecule has 0 amide bonds. The molecule has 0 radical (unpaired) electrons. The van der Waals surface area contributed by atoms with Crippen LogP contribution in [0.5, 0.6) is 0 Å². The number of Topliss-reactive ketones (excluding diaryl/α,β-unsaturated/α-hetero) is 3. The lowest BCUT2D eigenvalue weighted by molar-refractivity contribution is -0.156. The zero-order valence-corrected chi connectivity index (χ0v) is 28.9. The van der Waals surface area contributed by atoms with Gasteiger partial charge in [-0.25, -0.2) is 0 Å². The van der Waals surface area contributed by atoms with Crippen LogP contribution in [0.25, 0.3) is 0 Å². The molecule has 2 aliphatic rings. The maximum absolute atomic E-state index is 12.3. The number of nitriles is 2. The number of nitrogens with two attached hydrogens (primary N) is 1. The first-order valence-electron chi connectivity index (χ1n) is 16.2. The molecule has 0 bridgehead atoms. The quantitative estimate of drug-likeness (QED) is 0.147. The van der Waals surface area contributed by atoms with E-state index in [-0.39, 0.29) is 30.2 Å². The van der Waals surface area contributed by atoms with E-state index in [9.17, 15) is 24.0 Å². The molecule has 11 heteroatoms. The molecule has 0 aromatic heterocycles. The summed E-state index contributed by atoms with van der Waals surface area (Å²) in [5, 5.41) is 18.0. The van der Waals surface area contributed by atoms with Gasteiger partial charge >= 0.3 is 11.9 Å². The lowest BCUT2D eigenvalue weighted by atomic mass is 9.99. The molecule has 0 spiro atoms. The Labute approximate surface area is 301 Å². The van der Waals surface area contributed by atoms with Crippen LogP contribution in [-0.4, -0.2) is 40.7 Å². The number of anilines is 1. The monoisotopic (exact) mass is 693 g/mol. The molecule has 0 atom stereocenters. The van der Waals surface area contributed by atoms with E-state index in [0.717, 1.165) is 39.2 Å². The number of nitrogens with zero attached hydrogens (tertiary/aromatic N) is 4. The van der Waals surface area contributed by atoms with Gasteiger partial charge in [-0.1, -0.05) is 36.4 Å². The first-order valence-corrected chi connectivity index (χ1v) is 16.2. The fourth-order valence-electron chi connectivity index (χ4n) is 5.51. The molecule has 0 saturated heterocycles. The average Bonchev–Trinajstić information content (AvgIpc) is 3.37. The molecule has 2 aliphatic heterocycles. The van der Waals surface area contributed by atoms with E-state index in [4.69, 9.17) is 16.3 Å². The van der Waals surface area contributed by atoms with Crippen molar-refractivity contribution in [3.8, 4) is 12.1 Å². The third kappa shape index (κ3) is 11.1. The van der Waals surface area contributed by atoms with Crippen molar-refractivity contribution in [2.24, 2.45) is 9.98 Å². The molecule has 11 nitrogen and oxygen atoms in total. The number of ketones is 3. The summed E-state index contributed by atoms with van der Waals surface area (Å²) in [5.41, 5.74) is 14.6. The predicted octanol–water partition coefficient (Wildman–Crippen LogP) is 6.20. The minimum atomic E-state index is -0.562. The standard InChI is InChI=1S/C20H16N2O2.C17H13N3O.C4H6O3/c1-13(23)7-14-5-6-19-17(8-14)10-18(24)11-20(22-19)16-4-2-3-15(9-16)12-21;18-10-11-2-1-3-12(6-11)17-9-15(21)8-13-7-14(19)4-5-16(13)20-17;1-3(5)7-4(2)6/h2-6,8-9H,7,10-11H2,1H3;1-7H,8-9,19H2;1-2H3. The number of esters is 2. The smallest absolute Gasteiger partial charge is 0.310 e. The third-order valence-electron chi connectivity index (χ3n) is 7.65. The highest BCUT2D eigenvalue weighted by molar-refractivity contribution is 6.14. The second kappa shape index (κ2) is 17.7. The van der Waals surface area contributed by atoms with Crippen LogP contribution in [0.1, 0.15) is 72.6 Å². The summed E-state index contributed by atoms with van der Waals surface area (Å²) in [6.07, 6.45) is 1.52. The molecule has 4 aromatic rings. The first kappa shape index (κ1) is 38.0. The minimum absolute atomic E-state index is 0.0786. The number of ether oxygens (including phenoxy) is 1. The Morgan fingerprint density at radius 1 is 0.673 bits per heavy atom. The van der Waals surface area contributed by atoms with E-state index in [1.807, 2.05) is 36.4 Å². The zero-order chi connectivity index (χ0) is 37.8. The van der Waals surface area contributed by atoms with Gasteiger partial charge in [0.2, 0.25) is 0 Å². The van der Waals surface area contributed by atoms with Gasteiger partial charge in [0.25, 0.3) is 0 Å². The topological polar surface area (TPSA) is 193 Å². The number of nitrogen functional groups attached to an aromatic ring is 1. The van der Waals surface area contributed by atoms with E-state index >= 15 is 0 Å². The summed E-state index contributed by atoms with van der Waals surface area (Å²) >= 11 is 0. The van der Waals surface area contributed by atoms with Gasteiger partial charge in [0.15, 0.2) is 0 Å². The molecule has 6 rings (SSSR count). The van der Waals surface area contributed by atoms with Crippen LogP contribution in [0.15, 0.2) is 94.9 Å². The highest BCUT2D eigenvalue weighted by Crippen LogP contribution is 2.29. The largest absolute Gasteiger partial charge is 0.399 e. The van der Waals surface area contributed by atoms with E-state index in [0.29, 0.717) is 47.5 Å². The Kier molecular flexibility index (Phi) is 12.9. The van der Waals surface area contributed by atoms with Gasteiger partial charge in [0, 0.05) is 51.6 Å². The fourth-order valence-corrected chi connectivity index (χ4v) is 5.51. The fraction of sp³-hybridized carbons (Fsp3) is 0.195. The van der Waals surface area contributed by atoms with Crippen LogP contribution < -0.4 is 5.73 Å². The highest BCUT2D eigenvalue weighted by atomic mass is 16.6. The Hall–Kier alpha value is -6.85. The van der Waals surface area contributed by atoms with Gasteiger partial charge in [0.1, 0.15) is 17.3 Å². The predicted molar refractivity (Wildman–Crippen MR) is 195 cm³/mol. The van der Waals surface area contributed by atoms with Crippen molar-refractivity contribution in [1.82, 2.24) is 0 Å². The van der Waals surface area contributed by atoms with Crippen molar-refractivity contribution in [1.29, 1.82) is 10.5 Å². The number of aliphatic imine (C=N–C) groups is 2. The molecule has 4 aromatic carbocycles. The van der Waals surface area contributed by atoms with Gasteiger partial charge in [-0.3, -0.25) is 34.0 Å². The highest BCUT2D eigenvalue weighted by Gasteiger charge is 2.20. The second-order valence-electron chi connectivity index (χ2n) is 12.1. The van der Waals surface area contributed by atoms with Gasteiger partial charge in [-0.15, -0.1) is 0 Å². The Bertz CT molecular complexity index is 2210. The maximum Gasteiger partial charge on any atom is 0.310 e. The molecule has 2 heterocycles. The molecule has 0 aliphatic carbocycles. The molecule has 2 N–H and O–H groups in total. The SMILES string of the molecule is CC(=O)Cc1ccc2c(c1)CC(=O)CC(c1cccc(C#N)c1)=N2.CC(=O)OC(C)=O.N#Cc1cccc(C2=Nc3ccc(N)cc3CC(=O)C2)c1. The average molecular weight is 694 g/mol. The molecule has 0 unspecified atom stereocenters. The number of benzene rings is 4. The third-order valence-corrected chi connectivity index (χ3v) is 7.65.